The van der Waals surface area contributed by atoms with Crippen LogP contribution in [0.4, 0.5) is 0 Å². The van der Waals surface area contributed by atoms with Crippen molar-refractivity contribution >= 4 is 35.1 Å². The highest BCUT2D eigenvalue weighted by Crippen LogP contribution is 2.44. The van der Waals surface area contributed by atoms with Gasteiger partial charge in [-0.05, 0) is 50.3 Å². The van der Waals surface area contributed by atoms with Crippen LogP contribution in [0, 0.1) is 17.8 Å². The second-order valence-corrected chi connectivity index (χ2v) is 8.98. The van der Waals surface area contributed by atoms with Gasteiger partial charge >= 0.3 is 11.9 Å². The summed E-state index contributed by atoms with van der Waals surface area (Å²) in [5.41, 5.74) is 0. The number of hydrogen-bond donors (Lipinski definition) is 2. The summed E-state index contributed by atoms with van der Waals surface area (Å²) in [7, 11) is 2.28. The average Bonchev–Trinajstić information content (AvgIpc) is 2.91. The lowest BCUT2D eigenvalue weighted by atomic mass is 9.74. The molecule has 1 aromatic carbocycles. The van der Waals surface area contributed by atoms with Gasteiger partial charge in [0, 0.05) is 36.2 Å². The van der Waals surface area contributed by atoms with E-state index in [0.29, 0.717) is 40.1 Å². The number of halogens is 2. The quantitative estimate of drug-likeness (QED) is 0.594. The number of rotatable bonds is 6. The van der Waals surface area contributed by atoms with Gasteiger partial charge in [-0.1, -0.05) is 37.0 Å². The van der Waals surface area contributed by atoms with Crippen LogP contribution in [0.2, 0.25) is 10.0 Å². The molecule has 3 rings (SSSR count). The molecule has 2 heterocycles. The summed E-state index contributed by atoms with van der Waals surface area (Å²) in [6.07, 6.45) is 5.07. The van der Waals surface area contributed by atoms with Crippen molar-refractivity contribution in [2.24, 2.45) is 17.8 Å². The van der Waals surface area contributed by atoms with Gasteiger partial charge in [-0.3, -0.25) is 0 Å². The Morgan fingerprint density at radius 1 is 1.17 bits per heavy atom. The molecule has 2 fully saturated rings. The predicted molar refractivity (Wildman–Crippen MR) is 117 cm³/mol. The van der Waals surface area contributed by atoms with E-state index in [1.165, 1.54) is 19.3 Å². The number of benzene rings is 1. The second kappa shape index (κ2) is 11.0. The van der Waals surface area contributed by atoms with Crippen molar-refractivity contribution < 1.29 is 24.5 Å². The molecule has 0 spiro atoms. The number of aliphatic carboxylic acids is 2. The molecule has 0 aliphatic carbocycles. The zero-order valence-corrected chi connectivity index (χ0v) is 18.9. The van der Waals surface area contributed by atoms with Crippen molar-refractivity contribution in [2.75, 3.05) is 13.7 Å². The van der Waals surface area contributed by atoms with Crippen LogP contribution in [0.25, 0.3) is 0 Å². The highest BCUT2D eigenvalue weighted by Gasteiger charge is 2.46. The minimum absolute atomic E-state index is 0.557. The molecule has 2 aliphatic rings. The normalized spacial score (nSPS) is 25.8. The summed E-state index contributed by atoms with van der Waals surface area (Å²) in [4.78, 5) is 21.7. The molecular weight excluding hydrogens is 429 g/mol. The Kier molecular flexibility index (Phi) is 9.01. The smallest absolute Gasteiger partial charge is 0.328 e. The number of piperidine rings is 1. The topological polar surface area (TPSA) is 87.1 Å². The zero-order valence-electron chi connectivity index (χ0n) is 17.4. The first-order valence-electron chi connectivity index (χ1n) is 10.0. The van der Waals surface area contributed by atoms with Gasteiger partial charge in [0.2, 0.25) is 0 Å². The van der Waals surface area contributed by atoms with Crippen molar-refractivity contribution in [3.05, 3.63) is 40.4 Å². The van der Waals surface area contributed by atoms with Gasteiger partial charge in [0.1, 0.15) is 5.75 Å². The number of ether oxygens (including phenoxy) is 1. The third-order valence-electron chi connectivity index (χ3n) is 6.04. The lowest BCUT2D eigenvalue weighted by molar-refractivity contribution is -0.134. The maximum Gasteiger partial charge on any atom is 0.328 e. The summed E-state index contributed by atoms with van der Waals surface area (Å²) in [6, 6.07) is 6.96. The van der Waals surface area contributed by atoms with Crippen LogP contribution in [0.1, 0.15) is 33.1 Å². The first-order valence-corrected chi connectivity index (χ1v) is 10.8. The van der Waals surface area contributed by atoms with Crippen molar-refractivity contribution in [2.45, 2.75) is 45.2 Å². The summed E-state index contributed by atoms with van der Waals surface area (Å²) < 4.78 is 6.09. The summed E-state index contributed by atoms with van der Waals surface area (Å²) in [6.45, 7) is 5.46. The number of hydrogen-bond acceptors (Lipinski definition) is 4. The molecule has 8 heteroatoms. The van der Waals surface area contributed by atoms with E-state index in [4.69, 9.17) is 38.2 Å². The predicted octanol–water partition coefficient (Wildman–Crippen LogP) is 4.84. The lowest BCUT2D eigenvalue weighted by Gasteiger charge is -2.44. The summed E-state index contributed by atoms with van der Waals surface area (Å²) in [5, 5.41) is 16.8. The van der Waals surface area contributed by atoms with Crippen LogP contribution in [-0.4, -0.2) is 52.8 Å². The maximum atomic E-state index is 9.55. The Hall–Kier alpha value is -1.76. The largest absolute Gasteiger partial charge is 0.493 e. The van der Waals surface area contributed by atoms with E-state index in [0.717, 1.165) is 24.3 Å². The third-order valence-corrected chi connectivity index (χ3v) is 6.78. The zero-order chi connectivity index (χ0) is 22.4. The highest BCUT2D eigenvalue weighted by atomic mass is 35.5. The molecule has 6 nitrogen and oxygen atoms in total. The first kappa shape index (κ1) is 24.5. The lowest BCUT2D eigenvalue weighted by Crippen LogP contribution is -2.49. The van der Waals surface area contributed by atoms with Crippen LogP contribution in [0.5, 0.6) is 5.75 Å². The van der Waals surface area contributed by atoms with Crippen molar-refractivity contribution in [3.63, 3.8) is 0 Å². The van der Waals surface area contributed by atoms with Gasteiger partial charge in [-0.25, -0.2) is 9.59 Å². The molecule has 30 heavy (non-hydrogen) atoms. The van der Waals surface area contributed by atoms with Gasteiger partial charge in [-0.2, -0.15) is 0 Å². The fourth-order valence-electron chi connectivity index (χ4n) is 4.52. The fourth-order valence-corrected chi connectivity index (χ4v) is 4.81. The molecule has 2 bridgehead atoms. The minimum Gasteiger partial charge on any atom is -0.493 e. The van der Waals surface area contributed by atoms with Crippen LogP contribution in [0.3, 0.4) is 0 Å². The third kappa shape index (κ3) is 6.62. The monoisotopic (exact) mass is 457 g/mol. The molecule has 0 aromatic heterocycles. The van der Waals surface area contributed by atoms with E-state index < -0.39 is 11.9 Å². The van der Waals surface area contributed by atoms with Crippen LogP contribution in [-0.2, 0) is 9.59 Å². The van der Waals surface area contributed by atoms with Crippen LogP contribution < -0.4 is 4.74 Å². The Morgan fingerprint density at radius 2 is 1.80 bits per heavy atom. The van der Waals surface area contributed by atoms with Crippen LogP contribution in [0.15, 0.2) is 30.4 Å². The molecule has 0 saturated carbocycles. The van der Waals surface area contributed by atoms with E-state index in [1.807, 2.05) is 12.1 Å². The standard InChI is InChI=1S/C18H25Cl2NO.C4H4O4/c1-11(2)14-8-12-4-7-18(21(12)3)15(14)10-22-13-5-6-16(19)17(20)9-13;5-3(6)1-2-4(7)8/h5-6,9,11-12,14-15,18H,4,7-8,10H2,1-3H3;1-2H,(H,5,6)(H,7,8)/b;2-1+/t12-,14-,15+,18+;/m1./s1. The van der Waals surface area contributed by atoms with Gasteiger partial charge in [0.25, 0.3) is 0 Å². The Labute approximate surface area is 187 Å². The molecule has 2 saturated heterocycles. The van der Waals surface area contributed by atoms with Crippen molar-refractivity contribution in [1.82, 2.24) is 4.90 Å². The van der Waals surface area contributed by atoms with Crippen molar-refractivity contribution in [3.8, 4) is 5.75 Å². The van der Waals surface area contributed by atoms with E-state index in [2.05, 4.69) is 25.8 Å². The molecule has 0 radical (unpaired) electrons. The molecule has 1 aromatic rings. The molecule has 2 aliphatic heterocycles. The van der Waals surface area contributed by atoms with Crippen molar-refractivity contribution in [1.29, 1.82) is 0 Å². The number of carboxylic acids is 2. The number of carboxylic acid groups (broad SMARTS) is 2. The number of nitrogens with zero attached hydrogens (tertiary/aromatic N) is 1. The molecule has 0 unspecified atom stereocenters. The Balaban J connectivity index is 0.000000343. The number of carbonyl (C=O) groups is 2. The van der Waals surface area contributed by atoms with Crippen LogP contribution >= 0.6 is 23.2 Å². The van der Waals surface area contributed by atoms with E-state index in [9.17, 15) is 9.59 Å². The van der Waals surface area contributed by atoms with Gasteiger partial charge in [0.15, 0.2) is 0 Å². The first-order chi connectivity index (χ1) is 14.1. The minimum atomic E-state index is -1.26. The van der Waals surface area contributed by atoms with Gasteiger partial charge in [0.05, 0.1) is 16.7 Å². The molecular formula is C22H29Cl2NO5. The SMILES string of the molecule is CC(C)[C@H]1C[C@H]2CC[C@@H]([C@H]1COc1ccc(Cl)c(Cl)c1)N2C.O=C(O)/C=C/C(=O)O. The summed E-state index contributed by atoms with van der Waals surface area (Å²) in [5.74, 6) is 0.355. The molecule has 166 valence electrons. The molecule has 0 amide bonds. The molecule has 4 atom stereocenters. The fraction of sp³-hybridized carbons (Fsp3) is 0.545. The Morgan fingerprint density at radius 3 is 2.33 bits per heavy atom. The highest BCUT2D eigenvalue weighted by molar-refractivity contribution is 6.42. The number of fused-ring (bicyclic) bond motifs is 2. The summed E-state index contributed by atoms with van der Waals surface area (Å²) >= 11 is 12.1. The second-order valence-electron chi connectivity index (χ2n) is 8.17. The van der Waals surface area contributed by atoms with E-state index in [1.54, 1.807) is 6.07 Å². The van der Waals surface area contributed by atoms with Gasteiger partial charge < -0.3 is 19.8 Å². The maximum absolute atomic E-state index is 9.55. The Bertz CT molecular complexity index is 767. The molecule has 2 N–H and O–H groups in total. The van der Waals surface area contributed by atoms with Gasteiger partial charge in [-0.15, -0.1) is 0 Å². The van der Waals surface area contributed by atoms with E-state index in [-0.39, 0.29) is 0 Å². The average molecular weight is 458 g/mol. The van der Waals surface area contributed by atoms with E-state index >= 15 is 0 Å².